The summed E-state index contributed by atoms with van der Waals surface area (Å²) in [6, 6.07) is 8.30. The predicted octanol–water partition coefficient (Wildman–Crippen LogP) is 2.38. The molecule has 0 amide bonds. The molecule has 1 aliphatic heterocycles. The molecule has 0 saturated carbocycles. The highest BCUT2D eigenvalue weighted by atomic mass is 16.5. The second-order valence-corrected chi connectivity index (χ2v) is 6.63. The van der Waals surface area contributed by atoms with Gasteiger partial charge >= 0.3 is 0 Å². The Labute approximate surface area is 149 Å². The summed E-state index contributed by atoms with van der Waals surface area (Å²) in [5.41, 5.74) is 2.41. The number of pyridine rings is 1. The van der Waals surface area contributed by atoms with Crippen LogP contribution >= 0.6 is 0 Å². The maximum Gasteiger partial charge on any atom is 0.148 e. The second kappa shape index (κ2) is 9.44. The number of rotatable bonds is 8. The fourth-order valence-electron chi connectivity index (χ4n) is 3.35. The Bertz CT molecular complexity index is 619. The molecule has 0 aliphatic carbocycles. The van der Waals surface area contributed by atoms with Crippen molar-refractivity contribution in [2.75, 3.05) is 38.7 Å². The minimum absolute atomic E-state index is 0.650. The van der Waals surface area contributed by atoms with E-state index in [1.807, 2.05) is 18.5 Å². The van der Waals surface area contributed by atoms with Crippen molar-refractivity contribution in [3.8, 4) is 0 Å². The van der Waals surface area contributed by atoms with Crippen LogP contribution in [0.2, 0.25) is 0 Å². The molecule has 0 unspecified atom stereocenters. The van der Waals surface area contributed by atoms with Crippen LogP contribution in [0.3, 0.4) is 0 Å². The number of piperidine rings is 1. The van der Waals surface area contributed by atoms with Crippen LogP contribution in [0.5, 0.6) is 0 Å². The molecule has 3 heterocycles. The van der Waals surface area contributed by atoms with E-state index in [4.69, 9.17) is 4.74 Å². The Morgan fingerprint density at radius 3 is 2.84 bits per heavy atom. The van der Waals surface area contributed by atoms with Gasteiger partial charge in [-0.05, 0) is 61.6 Å². The van der Waals surface area contributed by atoms with Gasteiger partial charge in [0.1, 0.15) is 5.82 Å². The Hall–Kier alpha value is -2.05. The lowest BCUT2D eigenvalue weighted by Gasteiger charge is -2.32. The van der Waals surface area contributed by atoms with Crippen LogP contribution in [0.1, 0.15) is 24.1 Å². The molecule has 3 rings (SSSR count). The van der Waals surface area contributed by atoms with Crippen LogP contribution < -0.4 is 5.32 Å². The third-order valence-electron chi connectivity index (χ3n) is 4.59. The molecular formula is C19H27N5O. The van der Waals surface area contributed by atoms with Gasteiger partial charge in [0.2, 0.25) is 0 Å². The number of nitrogens with one attached hydrogen (secondary N) is 1. The van der Waals surface area contributed by atoms with Gasteiger partial charge < -0.3 is 10.1 Å². The molecule has 2 aromatic heterocycles. The maximum absolute atomic E-state index is 5.02. The summed E-state index contributed by atoms with van der Waals surface area (Å²) in [7, 11) is 1.69. The SMILES string of the molecule is COCCNc1ccc(C[C@H]2CCCN(Cc3ccncc3)C2)nn1. The molecule has 25 heavy (non-hydrogen) atoms. The molecule has 1 saturated heterocycles. The largest absolute Gasteiger partial charge is 0.383 e. The first-order valence-electron chi connectivity index (χ1n) is 9.00. The number of ether oxygens (including phenoxy) is 1. The van der Waals surface area contributed by atoms with Crippen molar-refractivity contribution in [3.05, 3.63) is 47.9 Å². The Morgan fingerprint density at radius 2 is 2.08 bits per heavy atom. The topological polar surface area (TPSA) is 63.2 Å². The van der Waals surface area contributed by atoms with Gasteiger partial charge in [-0.25, -0.2) is 0 Å². The van der Waals surface area contributed by atoms with Gasteiger partial charge in [-0.15, -0.1) is 5.10 Å². The summed E-state index contributed by atoms with van der Waals surface area (Å²) in [6.45, 7) is 4.72. The maximum atomic E-state index is 5.02. The Balaban J connectivity index is 1.48. The van der Waals surface area contributed by atoms with Gasteiger partial charge in [-0.1, -0.05) is 0 Å². The molecule has 6 heteroatoms. The molecule has 2 aromatic rings. The molecule has 0 radical (unpaired) electrons. The van der Waals surface area contributed by atoms with Gasteiger partial charge in [-0.2, -0.15) is 5.10 Å². The van der Waals surface area contributed by atoms with Crippen LogP contribution in [0, 0.1) is 5.92 Å². The first-order valence-corrected chi connectivity index (χ1v) is 9.00. The van der Waals surface area contributed by atoms with E-state index in [0.717, 1.165) is 37.6 Å². The van der Waals surface area contributed by atoms with Crippen LogP contribution in [-0.4, -0.2) is 53.4 Å². The van der Waals surface area contributed by atoms with E-state index in [1.54, 1.807) is 7.11 Å². The molecule has 134 valence electrons. The summed E-state index contributed by atoms with van der Waals surface area (Å²) >= 11 is 0. The minimum Gasteiger partial charge on any atom is -0.383 e. The molecule has 1 N–H and O–H groups in total. The van der Waals surface area contributed by atoms with Gasteiger partial charge in [0.15, 0.2) is 0 Å². The highest BCUT2D eigenvalue weighted by molar-refractivity contribution is 5.32. The van der Waals surface area contributed by atoms with E-state index < -0.39 is 0 Å². The van der Waals surface area contributed by atoms with Crippen molar-refractivity contribution >= 4 is 5.82 Å². The summed E-state index contributed by atoms with van der Waals surface area (Å²) in [6.07, 6.45) is 7.25. The zero-order chi connectivity index (χ0) is 17.3. The Morgan fingerprint density at radius 1 is 1.20 bits per heavy atom. The van der Waals surface area contributed by atoms with E-state index in [1.165, 1.54) is 24.9 Å². The minimum atomic E-state index is 0.650. The highest BCUT2D eigenvalue weighted by Gasteiger charge is 2.20. The van der Waals surface area contributed by atoms with E-state index in [9.17, 15) is 0 Å². The molecule has 6 nitrogen and oxygen atoms in total. The summed E-state index contributed by atoms with van der Waals surface area (Å²) in [5, 5.41) is 11.8. The number of methoxy groups -OCH3 is 1. The van der Waals surface area contributed by atoms with Crippen molar-refractivity contribution in [1.29, 1.82) is 0 Å². The number of hydrogen-bond donors (Lipinski definition) is 1. The fourth-order valence-corrected chi connectivity index (χ4v) is 3.35. The quantitative estimate of drug-likeness (QED) is 0.744. The van der Waals surface area contributed by atoms with Gasteiger partial charge in [0.05, 0.1) is 12.3 Å². The lowest BCUT2D eigenvalue weighted by Crippen LogP contribution is -2.35. The molecule has 0 bridgehead atoms. The normalized spacial score (nSPS) is 18.2. The number of likely N-dealkylation sites (tertiary alicyclic amines) is 1. The van der Waals surface area contributed by atoms with Gasteiger partial charge in [0, 0.05) is 39.1 Å². The average molecular weight is 341 g/mol. The predicted molar refractivity (Wildman–Crippen MR) is 98.3 cm³/mol. The third-order valence-corrected chi connectivity index (χ3v) is 4.59. The molecular weight excluding hydrogens is 314 g/mol. The molecule has 0 spiro atoms. The summed E-state index contributed by atoms with van der Waals surface area (Å²) < 4.78 is 5.02. The van der Waals surface area contributed by atoms with Crippen molar-refractivity contribution in [3.63, 3.8) is 0 Å². The molecule has 1 atom stereocenters. The number of hydrogen-bond acceptors (Lipinski definition) is 6. The van der Waals surface area contributed by atoms with Crippen LogP contribution in [-0.2, 0) is 17.7 Å². The monoisotopic (exact) mass is 341 g/mol. The van der Waals surface area contributed by atoms with E-state index in [-0.39, 0.29) is 0 Å². The second-order valence-electron chi connectivity index (χ2n) is 6.63. The summed E-state index contributed by atoms with van der Waals surface area (Å²) in [4.78, 5) is 6.63. The first kappa shape index (κ1) is 17.8. The van der Waals surface area contributed by atoms with Crippen LogP contribution in [0.4, 0.5) is 5.82 Å². The van der Waals surface area contributed by atoms with Crippen LogP contribution in [0.15, 0.2) is 36.7 Å². The zero-order valence-electron chi connectivity index (χ0n) is 14.9. The van der Waals surface area contributed by atoms with Crippen molar-refractivity contribution in [2.45, 2.75) is 25.8 Å². The highest BCUT2D eigenvalue weighted by Crippen LogP contribution is 2.21. The first-order chi connectivity index (χ1) is 12.3. The average Bonchev–Trinajstić information content (AvgIpc) is 2.65. The third kappa shape index (κ3) is 5.76. The van der Waals surface area contributed by atoms with Crippen molar-refractivity contribution in [2.24, 2.45) is 5.92 Å². The lowest BCUT2D eigenvalue weighted by molar-refractivity contribution is 0.166. The number of aromatic nitrogens is 3. The smallest absolute Gasteiger partial charge is 0.148 e. The Kier molecular flexibility index (Phi) is 6.71. The number of nitrogens with zero attached hydrogens (tertiary/aromatic N) is 4. The zero-order valence-corrected chi connectivity index (χ0v) is 14.9. The number of anilines is 1. The van der Waals surface area contributed by atoms with E-state index >= 15 is 0 Å². The van der Waals surface area contributed by atoms with Crippen molar-refractivity contribution in [1.82, 2.24) is 20.1 Å². The van der Waals surface area contributed by atoms with E-state index in [0.29, 0.717) is 12.5 Å². The van der Waals surface area contributed by atoms with Crippen molar-refractivity contribution < 1.29 is 4.74 Å². The van der Waals surface area contributed by atoms with E-state index in [2.05, 4.69) is 43.6 Å². The van der Waals surface area contributed by atoms with Gasteiger partial charge in [0.25, 0.3) is 0 Å². The van der Waals surface area contributed by atoms with Crippen LogP contribution in [0.25, 0.3) is 0 Å². The molecule has 0 aromatic carbocycles. The standard InChI is InChI=1S/C19H27N5O/c1-25-12-10-21-19-5-4-18(22-23-19)13-17-3-2-11-24(15-17)14-16-6-8-20-9-7-16/h4-9,17H,2-3,10-15H2,1H3,(H,21,23)/t17-/m1/s1. The lowest BCUT2D eigenvalue weighted by atomic mass is 9.93. The summed E-state index contributed by atoms with van der Waals surface area (Å²) in [5.74, 6) is 1.46. The molecule has 1 aliphatic rings. The van der Waals surface area contributed by atoms with Gasteiger partial charge in [-0.3, -0.25) is 9.88 Å². The fraction of sp³-hybridized carbons (Fsp3) is 0.526. The molecule has 1 fully saturated rings.